The van der Waals surface area contributed by atoms with Crippen molar-refractivity contribution < 1.29 is 18.6 Å². The Hall–Kier alpha value is -2.55. The molecule has 0 radical (unpaired) electrons. The maximum Gasteiger partial charge on any atom is 0.195 e. The maximum atomic E-state index is 5.73. The van der Waals surface area contributed by atoms with Gasteiger partial charge >= 0.3 is 0 Å². The summed E-state index contributed by atoms with van der Waals surface area (Å²) >= 11 is 0. The van der Waals surface area contributed by atoms with E-state index in [1.165, 1.54) is 0 Å². The number of rotatable bonds is 14. The first-order valence-electron chi connectivity index (χ1n) is 11.1. The molecule has 2 N–H and O–H groups in total. The Labute approximate surface area is 191 Å². The third-order valence-corrected chi connectivity index (χ3v) is 4.60. The minimum atomic E-state index is 0.0443. The second kappa shape index (κ2) is 14.5. The first-order chi connectivity index (χ1) is 15.5. The lowest BCUT2D eigenvalue weighted by Gasteiger charge is -2.21. The largest absolute Gasteiger partial charge is 0.491 e. The van der Waals surface area contributed by atoms with Crippen molar-refractivity contribution in [3.63, 3.8) is 0 Å². The van der Waals surface area contributed by atoms with E-state index in [1.54, 1.807) is 13.4 Å². The Balaban J connectivity index is 2.00. The van der Waals surface area contributed by atoms with Gasteiger partial charge in [-0.05, 0) is 70.8 Å². The molecule has 0 fully saturated rings. The molecule has 1 heterocycles. The minimum Gasteiger partial charge on any atom is -0.491 e. The summed E-state index contributed by atoms with van der Waals surface area (Å²) in [6.07, 6.45) is 2.70. The fourth-order valence-corrected chi connectivity index (χ4v) is 2.96. The normalized spacial score (nSPS) is 12.9. The van der Waals surface area contributed by atoms with Crippen LogP contribution >= 0.6 is 0 Å². The van der Waals surface area contributed by atoms with E-state index in [0.29, 0.717) is 32.3 Å². The number of methoxy groups -OCH3 is 1. The van der Waals surface area contributed by atoms with Crippen molar-refractivity contribution in [3.8, 4) is 5.75 Å². The summed E-state index contributed by atoms with van der Waals surface area (Å²) in [4.78, 5) is 6.91. The maximum absolute atomic E-state index is 5.73. The topological polar surface area (TPSA) is 80.5 Å². The molecular weight excluding hydrogens is 408 g/mol. The Kier molecular flexibility index (Phi) is 11.6. The van der Waals surface area contributed by atoms with E-state index in [0.717, 1.165) is 30.2 Å². The molecular formula is C24H38N4O4. The van der Waals surface area contributed by atoms with Crippen LogP contribution in [-0.2, 0) is 9.47 Å². The molecule has 0 aliphatic rings. The van der Waals surface area contributed by atoms with Gasteiger partial charge in [0.05, 0.1) is 38.2 Å². The lowest BCUT2D eigenvalue weighted by molar-refractivity contribution is 0.0699. The Morgan fingerprint density at radius 3 is 2.50 bits per heavy atom. The predicted molar refractivity (Wildman–Crippen MR) is 129 cm³/mol. The van der Waals surface area contributed by atoms with E-state index in [1.807, 2.05) is 64.3 Å². The van der Waals surface area contributed by atoms with Crippen LogP contribution in [0, 0.1) is 0 Å². The lowest BCUT2D eigenvalue weighted by atomic mass is 10.2. The molecule has 0 aliphatic heterocycles. The third kappa shape index (κ3) is 9.72. The van der Waals surface area contributed by atoms with Crippen LogP contribution in [0.1, 0.15) is 32.1 Å². The zero-order valence-corrected chi connectivity index (χ0v) is 20.0. The average molecular weight is 447 g/mol. The van der Waals surface area contributed by atoms with Crippen LogP contribution in [0.4, 0.5) is 5.69 Å². The number of guanidine groups is 1. The van der Waals surface area contributed by atoms with E-state index < -0.39 is 0 Å². The van der Waals surface area contributed by atoms with Gasteiger partial charge in [0.2, 0.25) is 0 Å². The molecule has 0 spiro atoms. The number of aliphatic imine (C=N–C) groups is 1. The number of hydrogen-bond acceptors (Lipinski definition) is 6. The molecule has 0 saturated heterocycles. The second-order valence-corrected chi connectivity index (χ2v) is 7.89. The summed E-state index contributed by atoms with van der Waals surface area (Å²) in [5, 5.41) is 6.78. The molecule has 1 unspecified atom stereocenters. The molecule has 1 atom stereocenters. The first kappa shape index (κ1) is 25.7. The lowest BCUT2D eigenvalue weighted by Crippen LogP contribution is -2.33. The molecule has 1 aromatic carbocycles. The fourth-order valence-electron chi connectivity index (χ4n) is 2.96. The SMILES string of the molecule is COCCOCCCNC(=NCC(c1ccco1)N(C)C)Nc1ccc(OC(C)C)cc1. The zero-order valence-electron chi connectivity index (χ0n) is 20.0. The van der Waals surface area contributed by atoms with Gasteiger partial charge in [0.1, 0.15) is 11.5 Å². The number of nitrogens with zero attached hydrogens (tertiary/aromatic N) is 2. The van der Waals surface area contributed by atoms with Gasteiger partial charge in [-0.25, -0.2) is 0 Å². The van der Waals surface area contributed by atoms with Crippen LogP contribution in [0.2, 0.25) is 0 Å². The molecule has 2 rings (SSSR count). The molecule has 0 saturated carbocycles. The molecule has 0 bridgehead atoms. The quantitative estimate of drug-likeness (QED) is 0.260. The molecule has 32 heavy (non-hydrogen) atoms. The molecule has 0 aliphatic carbocycles. The standard InChI is InChI=1S/C24H38N4O4/c1-19(2)32-21-11-9-20(10-12-21)27-24(25-13-7-14-30-17-16-29-5)26-18-22(28(3)4)23-8-6-15-31-23/h6,8-12,15,19,22H,7,13-14,16-18H2,1-5H3,(H2,25,26,27). The third-order valence-electron chi connectivity index (χ3n) is 4.60. The predicted octanol–water partition coefficient (Wildman–Crippen LogP) is 3.78. The van der Waals surface area contributed by atoms with Crippen LogP contribution in [0.3, 0.4) is 0 Å². The summed E-state index contributed by atoms with van der Waals surface area (Å²) in [5.74, 6) is 2.44. The Morgan fingerprint density at radius 1 is 1.09 bits per heavy atom. The second-order valence-electron chi connectivity index (χ2n) is 7.89. The molecule has 8 heteroatoms. The van der Waals surface area contributed by atoms with E-state index in [4.69, 9.17) is 23.6 Å². The van der Waals surface area contributed by atoms with Gasteiger partial charge in [-0.2, -0.15) is 0 Å². The van der Waals surface area contributed by atoms with Crippen molar-refractivity contribution in [1.82, 2.24) is 10.2 Å². The highest BCUT2D eigenvalue weighted by Crippen LogP contribution is 2.20. The van der Waals surface area contributed by atoms with E-state index in [2.05, 4.69) is 15.5 Å². The van der Waals surface area contributed by atoms with Crippen LogP contribution in [-0.4, -0.2) is 71.1 Å². The molecule has 0 amide bonds. The Bertz CT molecular complexity index is 761. The van der Waals surface area contributed by atoms with Crippen LogP contribution in [0.25, 0.3) is 0 Å². The summed E-state index contributed by atoms with van der Waals surface area (Å²) in [5.41, 5.74) is 0.933. The molecule has 1 aromatic heterocycles. The van der Waals surface area contributed by atoms with Crippen molar-refractivity contribution in [3.05, 3.63) is 48.4 Å². The first-order valence-corrected chi connectivity index (χ1v) is 11.1. The summed E-state index contributed by atoms with van der Waals surface area (Å²) in [6, 6.07) is 11.8. The van der Waals surface area contributed by atoms with Gasteiger partial charge in [-0.15, -0.1) is 0 Å². The molecule has 8 nitrogen and oxygen atoms in total. The van der Waals surface area contributed by atoms with Gasteiger partial charge in [-0.3, -0.25) is 9.89 Å². The van der Waals surface area contributed by atoms with Gasteiger partial charge in [0.15, 0.2) is 5.96 Å². The van der Waals surface area contributed by atoms with E-state index >= 15 is 0 Å². The number of nitrogens with one attached hydrogen (secondary N) is 2. The van der Waals surface area contributed by atoms with Gasteiger partial charge < -0.3 is 29.3 Å². The van der Waals surface area contributed by atoms with Gasteiger partial charge in [0.25, 0.3) is 0 Å². The summed E-state index contributed by atoms with van der Waals surface area (Å²) < 4.78 is 21.9. The number of furan rings is 1. The zero-order chi connectivity index (χ0) is 23.2. The highest BCUT2D eigenvalue weighted by atomic mass is 16.5. The number of anilines is 1. The van der Waals surface area contributed by atoms with Crippen molar-refractivity contribution in [2.75, 3.05) is 59.4 Å². The summed E-state index contributed by atoms with van der Waals surface area (Å²) in [6.45, 7) is 7.19. The molecule has 178 valence electrons. The van der Waals surface area contributed by atoms with E-state index in [-0.39, 0.29) is 12.1 Å². The van der Waals surface area contributed by atoms with Crippen molar-refractivity contribution in [2.24, 2.45) is 4.99 Å². The number of ether oxygens (including phenoxy) is 3. The smallest absolute Gasteiger partial charge is 0.195 e. The number of hydrogen-bond donors (Lipinski definition) is 2. The summed E-state index contributed by atoms with van der Waals surface area (Å²) in [7, 11) is 5.71. The van der Waals surface area contributed by atoms with Crippen LogP contribution < -0.4 is 15.4 Å². The molecule has 2 aromatic rings. The van der Waals surface area contributed by atoms with E-state index in [9.17, 15) is 0 Å². The highest BCUT2D eigenvalue weighted by molar-refractivity contribution is 5.93. The highest BCUT2D eigenvalue weighted by Gasteiger charge is 2.16. The van der Waals surface area contributed by atoms with Crippen molar-refractivity contribution in [2.45, 2.75) is 32.4 Å². The number of likely N-dealkylation sites (N-methyl/N-ethyl adjacent to an activating group) is 1. The van der Waals surface area contributed by atoms with Gasteiger partial charge in [-0.1, -0.05) is 0 Å². The monoisotopic (exact) mass is 446 g/mol. The van der Waals surface area contributed by atoms with Crippen LogP contribution in [0.15, 0.2) is 52.1 Å². The van der Waals surface area contributed by atoms with Gasteiger partial charge in [0, 0.05) is 25.9 Å². The van der Waals surface area contributed by atoms with Crippen LogP contribution in [0.5, 0.6) is 5.75 Å². The fraction of sp³-hybridized carbons (Fsp3) is 0.542. The van der Waals surface area contributed by atoms with Crippen molar-refractivity contribution >= 4 is 11.6 Å². The number of benzene rings is 1. The average Bonchev–Trinajstić information content (AvgIpc) is 3.28. The van der Waals surface area contributed by atoms with Crippen molar-refractivity contribution in [1.29, 1.82) is 0 Å². The Morgan fingerprint density at radius 2 is 1.88 bits per heavy atom. The minimum absolute atomic E-state index is 0.0443.